The quantitative estimate of drug-likeness (QED) is 0.660. The molecule has 0 bridgehead atoms. The van der Waals surface area contributed by atoms with E-state index in [0.717, 1.165) is 45.6 Å². The van der Waals surface area contributed by atoms with Crippen molar-refractivity contribution in [3.05, 3.63) is 0 Å². The SMILES string of the molecule is CC(C)(CN)CCCOCC1CCCO1. The molecular formula is C12H25NO2. The first kappa shape index (κ1) is 12.9. The first-order chi connectivity index (χ1) is 7.14. The van der Waals surface area contributed by atoms with E-state index in [1.165, 1.54) is 6.42 Å². The topological polar surface area (TPSA) is 44.5 Å². The van der Waals surface area contributed by atoms with Crippen LogP contribution in [0.25, 0.3) is 0 Å². The largest absolute Gasteiger partial charge is 0.379 e. The van der Waals surface area contributed by atoms with Gasteiger partial charge in [0, 0.05) is 13.2 Å². The maximum Gasteiger partial charge on any atom is 0.0809 e. The number of nitrogens with two attached hydrogens (primary N) is 1. The van der Waals surface area contributed by atoms with E-state index in [0.29, 0.717) is 6.10 Å². The van der Waals surface area contributed by atoms with E-state index in [1.807, 2.05) is 0 Å². The van der Waals surface area contributed by atoms with E-state index >= 15 is 0 Å². The van der Waals surface area contributed by atoms with Crippen molar-refractivity contribution in [1.29, 1.82) is 0 Å². The van der Waals surface area contributed by atoms with E-state index in [9.17, 15) is 0 Å². The van der Waals surface area contributed by atoms with E-state index in [-0.39, 0.29) is 5.41 Å². The van der Waals surface area contributed by atoms with Crippen molar-refractivity contribution in [2.45, 2.75) is 45.6 Å². The second-order valence-corrected chi connectivity index (χ2v) is 5.18. The van der Waals surface area contributed by atoms with Gasteiger partial charge in [-0.1, -0.05) is 13.8 Å². The molecule has 1 rings (SSSR count). The van der Waals surface area contributed by atoms with Crippen molar-refractivity contribution in [3.63, 3.8) is 0 Å². The molecular weight excluding hydrogens is 190 g/mol. The Kier molecular flexibility index (Phi) is 5.58. The van der Waals surface area contributed by atoms with Gasteiger partial charge in [-0.2, -0.15) is 0 Å². The Morgan fingerprint density at radius 1 is 1.47 bits per heavy atom. The molecule has 1 fully saturated rings. The Morgan fingerprint density at radius 2 is 2.27 bits per heavy atom. The first-order valence-corrected chi connectivity index (χ1v) is 6.03. The Morgan fingerprint density at radius 3 is 2.87 bits per heavy atom. The third-order valence-electron chi connectivity index (χ3n) is 3.02. The van der Waals surface area contributed by atoms with Gasteiger partial charge in [0.15, 0.2) is 0 Å². The van der Waals surface area contributed by atoms with Gasteiger partial charge in [-0.05, 0) is 37.6 Å². The molecule has 0 radical (unpaired) electrons. The minimum absolute atomic E-state index is 0.257. The number of hydrogen-bond donors (Lipinski definition) is 1. The number of rotatable bonds is 7. The lowest BCUT2D eigenvalue weighted by molar-refractivity contribution is 0.0144. The molecule has 1 saturated heterocycles. The minimum atomic E-state index is 0.257. The normalized spacial score (nSPS) is 22.2. The van der Waals surface area contributed by atoms with Crippen LogP contribution in [-0.2, 0) is 9.47 Å². The molecule has 1 aliphatic heterocycles. The average molecular weight is 215 g/mol. The summed E-state index contributed by atoms with van der Waals surface area (Å²) in [5.74, 6) is 0. The van der Waals surface area contributed by atoms with E-state index in [4.69, 9.17) is 15.2 Å². The Labute approximate surface area is 93.3 Å². The summed E-state index contributed by atoms with van der Waals surface area (Å²) in [7, 11) is 0. The van der Waals surface area contributed by atoms with Crippen LogP contribution >= 0.6 is 0 Å². The molecule has 2 N–H and O–H groups in total. The fraction of sp³-hybridized carbons (Fsp3) is 1.00. The fourth-order valence-corrected chi connectivity index (χ4v) is 1.75. The highest BCUT2D eigenvalue weighted by Gasteiger charge is 2.16. The zero-order valence-electron chi connectivity index (χ0n) is 10.1. The lowest BCUT2D eigenvalue weighted by atomic mass is 9.88. The smallest absolute Gasteiger partial charge is 0.0809 e. The summed E-state index contributed by atoms with van der Waals surface area (Å²) in [6, 6.07) is 0. The molecule has 0 aliphatic carbocycles. The summed E-state index contributed by atoms with van der Waals surface area (Å²) in [6.45, 7) is 7.67. The summed E-state index contributed by atoms with van der Waals surface area (Å²) >= 11 is 0. The van der Waals surface area contributed by atoms with E-state index < -0.39 is 0 Å². The van der Waals surface area contributed by atoms with Crippen molar-refractivity contribution in [1.82, 2.24) is 0 Å². The van der Waals surface area contributed by atoms with Gasteiger partial charge in [-0.15, -0.1) is 0 Å². The van der Waals surface area contributed by atoms with Crippen molar-refractivity contribution < 1.29 is 9.47 Å². The molecule has 0 amide bonds. The van der Waals surface area contributed by atoms with Gasteiger partial charge >= 0.3 is 0 Å². The average Bonchev–Trinajstić information content (AvgIpc) is 2.70. The standard InChI is InChI=1S/C12H25NO2/c1-12(2,10-13)6-4-7-14-9-11-5-3-8-15-11/h11H,3-10,13H2,1-2H3. The zero-order chi connectivity index (χ0) is 11.1. The van der Waals surface area contributed by atoms with Crippen LogP contribution in [0.1, 0.15) is 39.5 Å². The maximum atomic E-state index is 5.66. The van der Waals surface area contributed by atoms with E-state index in [2.05, 4.69) is 13.8 Å². The first-order valence-electron chi connectivity index (χ1n) is 6.03. The highest BCUT2D eigenvalue weighted by atomic mass is 16.5. The van der Waals surface area contributed by atoms with Gasteiger partial charge in [0.1, 0.15) is 0 Å². The molecule has 90 valence electrons. The number of ether oxygens (including phenoxy) is 2. The maximum absolute atomic E-state index is 5.66. The summed E-state index contributed by atoms with van der Waals surface area (Å²) in [6.07, 6.45) is 4.93. The molecule has 1 aliphatic rings. The van der Waals surface area contributed by atoms with Crippen LogP contribution in [0, 0.1) is 5.41 Å². The molecule has 3 nitrogen and oxygen atoms in total. The van der Waals surface area contributed by atoms with Crippen LogP contribution < -0.4 is 5.73 Å². The van der Waals surface area contributed by atoms with Crippen LogP contribution in [0.4, 0.5) is 0 Å². The highest BCUT2D eigenvalue weighted by molar-refractivity contribution is 4.69. The van der Waals surface area contributed by atoms with Crippen molar-refractivity contribution >= 4 is 0 Å². The number of hydrogen-bond acceptors (Lipinski definition) is 3. The van der Waals surface area contributed by atoms with Gasteiger partial charge in [-0.25, -0.2) is 0 Å². The second-order valence-electron chi connectivity index (χ2n) is 5.18. The molecule has 3 heteroatoms. The lowest BCUT2D eigenvalue weighted by Crippen LogP contribution is -2.24. The predicted molar refractivity (Wildman–Crippen MR) is 61.9 cm³/mol. The molecule has 0 spiro atoms. The Balaban J connectivity index is 1.92. The Hall–Kier alpha value is -0.120. The van der Waals surface area contributed by atoms with Crippen molar-refractivity contribution in [2.75, 3.05) is 26.4 Å². The van der Waals surface area contributed by atoms with E-state index in [1.54, 1.807) is 0 Å². The molecule has 15 heavy (non-hydrogen) atoms. The van der Waals surface area contributed by atoms with Crippen LogP contribution in [0.3, 0.4) is 0 Å². The van der Waals surface area contributed by atoms with Gasteiger partial charge in [-0.3, -0.25) is 0 Å². The van der Waals surface area contributed by atoms with Crippen LogP contribution in [0.2, 0.25) is 0 Å². The molecule has 1 atom stereocenters. The van der Waals surface area contributed by atoms with Crippen LogP contribution in [-0.4, -0.2) is 32.5 Å². The molecule has 0 aromatic carbocycles. The highest BCUT2D eigenvalue weighted by Crippen LogP contribution is 2.20. The minimum Gasteiger partial charge on any atom is -0.379 e. The fourth-order valence-electron chi connectivity index (χ4n) is 1.75. The lowest BCUT2D eigenvalue weighted by Gasteiger charge is -2.22. The summed E-state index contributed by atoms with van der Waals surface area (Å²) < 4.78 is 11.1. The summed E-state index contributed by atoms with van der Waals surface area (Å²) in [5, 5.41) is 0. The second kappa shape index (κ2) is 6.46. The monoisotopic (exact) mass is 215 g/mol. The molecule has 0 aromatic rings. The summed E-state index contributed by atoms with van der Waals surface area (Å²) in [5.41, 5.74) is 5.92. The van der Waals surface area contributed by atoms with Crippen LogP contribution in [0.5, 0.6) is 0 Å². The molecule has 0 aromatic heterocycles. The van der Waals surface area contributed by atoms with Gasteiger partial charge < -0.3 is 15.2 Å². The molecule has 0 saturated carbocycles. The third kappa shape index (κ3) is 5.50. The van der Waals surface area contributed by atoms with Crippen LogP contribution in [0.15, 0.2) is 0 Å². The van der Waals surface area contributed by atoms with Crippen molar-refractivity contribution in [3.8, 4) is 0 Å². The van der Waals surface area contributed by atoms with Crippen molar-refractivity contribution in [2.24, 2.45) is 11.1 Å². The third-order valence-corrected chi connectivity index (χ3v) is 3.02. The molecule has 1 heterocycles. The summed E-state index contributed by atoms with van der Waals surface area (Å²) in [4.78, 5) is 0. The Bertz CT molecular complexity index is 165. The predicted octanol–water partition coefficient (Wildman–Crippen LogP) is 1.95. The zero-order valence-corrected chi connectivity index (χ0v) is 10.1. The van der Waals surface area contributed by atoms with Gasteiger partial charge in [0.2, 0.25) is 0 Å². The molecule has 1 unspecified atom stereocenters. The van der Waals surface area contributed by atoms with Gasteiger partial charge in [0.05, 0.1) is 12.7 Å². The van der Waals surface area contributed by atoms with Gasteiger partial charge in [0.25, 0.3) is 0 Å².